The summed E-state index contributed by atoms with van der Waals surface area (Å²) < 4.78 is 30.6. The van der Waals surface area contributed by atoms with Crippen LogP contribution < -0.4 is 5.32 Å². The molecule has 1 aromatic carbocycles. The Balaban J connectivity index is 1.77. The highest BCUT2D eigenvalue weighted by molar-refractivity contribution is 9.10. The molecule has 0 bridgehead atoms. The molecule has 8 heteroatoms. The first-order valence-corrected chi connectivity index (χ1v) is 9.41. The number of urea groups is 1. The summed E-state index contributed by atoms with van der Waals surface area (Å²) in [6.45, 7) is -2.79. The molecule has 1 N–H and O–H groups in total. The molecule has 0 radical (unpaired) electrons. The Morgan fingerprint density at radius 3 is 2.58 bits per heavy atom. The molecular weight excluding hydrogens is 410 g/mol. The average Bonchev–Trinajstić information content (AvgIpc) is 2.98. The fraction of sp³-hybridized carbons (Fsp3) is 0.556. The van der Waals surface area contributed by atoms with E-state index in [9.17, 15) is 18.4 Å². The van der Waals surface area contributed by atoms with Crippen LogP contribution >= 0.6 is 15.9 Å². The predicted molar refractivity (Wildman–Crippen MR) is 92.6 cm³/mol. The van der Waals surface area contributed by atoms with Crippen LogP contribution in [0.4, 0.5) is 13.6 Å². The van der Waals surface area contributed by atoms with Crippen molar-refractivity contribution < 1.29 is 23.1 Å². The largest absolute Gasteiger partial charge is 0.345 e. The molecule has 1 aromatic rings. The highest BCUT2D eigenvalue weighted by Gasteiger charge is 2.67. The number of likely N-dealkylation sites (N-methyl/N-ethyl adjacent to an activating group) is 1. The van der Waals surface area contributed by atoms with Crippen LogP contribution in [-0.4, -0.2) is 36.6 Å². The number of imide groups is 1. The summed E-state index contributed by atoms with van der Waals surface area (Å²) >= 11 is 3.45. The van der Waals surface area contributed by atoms with Gasteiger partial charge in [0, 0.05) is 16.9 Å². The maximum Gasteiger partial charge on any atom is 0.345 e. The lowest BCUT2D eigenvalue weighted by Crippen LogP contribution is -2.56. The van der Waals surface area contributed by atoms with Crippen molar-refractivity contribution in [3.63, 3.8) is 0 Å². The van der Waals surface area contributed by atoms with Crippen molar-refractivity contribution in [1.29, 1.82) is 0 Å². The topological polar surface area (TPSA) is 58.6 Å². The molecule has 1 saturated carbocycles. The number of hydrogen-bond acceptors (Lipinski definition) is 3. The Morgan fingerprint density at radius 2 is 2.00 bits per heavy atom. The first-order chi connectivity index (χ1) is 12.3. The number of amides is 3. The molecule has 140 valence electrons. The van der Waals surface area contributed by atoms with Crippen LogP contribution in [0.3, 0.4) is 0 Å². The van der Waals surface area contributed by atoms with Gasteiger partial charge in [-0.2, -0.15) is 8.78 Å². The van der Waals surface area contributed by atoms with Crippen molar-refractivity contribution in [1.82, 2.24) is 10.2 Å². The van der Waals surface area contributed by atoms with E-state index in [0.29, 0.717) is 32.1 Å². The lowest BCUT2D eigenvalue weighted by Gasteiger charge is -2.46. The van der Waals surface area contributed by atoms with Crippen LogP contribution in [0.1, 0.15) is 36.8 Å². The molecule has 2 spiro atoms. The van der Waals surface area contributed by atoms with Crippen LogP contribution in [0.5, 0.6) is 0 Å². The molecule has 4 rings (SSSR count). The van der Waals surface area contributed by atoms with Crippen LogP contribution in [0.25, 0.3) is 0 Å². The van der Waals surface area contributed by atoms with Gasteiger partial charge in [0.2, 0.25) is 0 Å². The second-order valence-electron chi connectivity index (χ2n) is 7.40. The summed E-state index contributed by atoms with van der Waals surface area (Å²) in [4.78, 5) is 26.7. The second-order valence-corrected chi connectivity index (χ2v) is 8.31. The molecule has 2 aliphatic carbocycles. The molecule has 1 aliphatic heterocycles. The zero-order chi connectivity index (χ0) is 18.7. The van der Waals surface area contributed by atoms with E-state index in [4.69, 9.17) is 0 Å². The summed E-state index contributed by atoms with van der Waals surface area (Å²) in [7, 11) is 1.47. The summed E-state index contributed by atoms with van der Waals surface area (Å²) in [5.74, 6) is -0.271. The van der Waals surface area contributed by atoms with E-state index in [1.165, 1.54) is 7.05 Å². The minimum absolute atomic E-state index is 0.271. The fourth-order valence-corrected chi connectivity index (χ4v) is 5.36. The number of fused-ring (bicyclic) bond motifs is 3. The van der Waals surface area contributed by atoms with Crippen molar-refractivity contribution in [2.75, 3.05) is 7.05 Å². The molecule has 1 unspecified atom stereocenters. The summed E-state index contributed by atoms with van der Waals surface area (Å²) in [6.07, 6.45) is 2.07. The summed E-state index contributed by atoms with van der Waals surface area (Å²) in [6, 6.07) is 5.36. The highest BCUT2D eigenvalue weighted by Crippen LogP contribution is 2.60. The minimum atomic E-state index is -2.79. The van der Waals surface area contributed by atoms with Gasteiger partial charge in [0.15, 0.2) is 5.54 Å². The number of alkyl halides is 2. The van der Waals surface area contributed by atoms with Crippen LogP contribution in [0.2, 0.25) is 0 Å². The lowest BCUT2D eigenvalue weighted by molar-refractivity contribution is -0.179. The van der Waals surface area contributed by atoms with Crippen molar-refractivity contribution >= 4 is 27.9 Å². The Kier molecular flexibility index (Phi) is 4.11. The van der Waals surface area contributed by atoms with E-state index in [2.05, 4.69) is 26.0 Å². The zero-order valence-electron chi connectivity index (χ0n) is 14.2. The number of carbonyl (C=O) groups is 2. The van der Waals surface area contributed by atoms with Gasteiger partial charge in [-0.15, -0.1) is 0 Å². The maximum absolute atomic E-state index is 13.2. The van der Waals surface area contributed by atoms with Crippen molar-refractivity contribution in [2.24, 2.45) is 5.41 Å². The number of carbonyl (C=O) groups excluding carboxylic acids is 2. The SMILES string of the molecule is CN1C(=O)NC2(C1=O)c1cc(Br)ccc1C[C@]21CC[C@@H](OC(F)F)CC1. The quantitative estimate of drug-likeness (QED) is 0.732. The molecule has 1 heterocycles. The number of ether oxygens (including phenoxy) is 1. The second kappa shape index (κ2) is 5.99. The Hall–Kier alpha value is -1.54. The molecule has 5 nitrogen and oxygen atoms in total. The van der Waals surface area contributed by atoms with Gasteiger partial charge in [-0.1, -0.05) is 22.0 Å². The van der Waals surface area contributed by atoms with Gasteiger partial charge in [-0.3, -0.25) is 9.69 Å². The minimum Gasteiger partial charge on any atom is -0.320 e. The normalized spacial score (nSPS) is 33.4. The van der Waals surface area contributed by atoms with Gasteiger partial charge >= 0.3 is 12.6 Å². The number of rotatable bonds is 2. The first kappa shape index (κ1) is 17.9. The van der Waals surface area contributed by atoms with E-state index in [1.54, 1.807) is 0 Å². The standard InChI is InChI=1S/C18H19BrF2N2O3/c1-23-14(24)18(22-16(23)25)13-8-11(19)3-2-10(13)9-17(18)6-4-12(5-7-17)26-15(20)21/h2-3,8,12,15H,4-7,9H2,1H3,(H,22,25)/t12-,17-,18?. The molecule has 0 aromatic heterocycles. The van der Waals surface area contributed by atoms with Gasteiger partial charge in [-0.05, 0) is 55.4 Å². The Morgan fingerprint density at radius 1 is 1.31 bits per heavy atom. The average molecular weight is 429 g/mol. The van der Waals surface area contributed by atoms with Gasteiger partial charge in [0.1, 0.15) is 0 Å². The van der Waals surface area contributed by atoms with E-state index in [0.717, 1.165) is 20.5 Å². The monoisotopic (exact) mass is 428 g/mol. The summed E-state index contributed by atoms with van der Waals surface area (Å²) in [5, 5.41) is 2.96. The number of nitrogens with one attached hydrogen (secondary N) is 1. The number of halogens is 3. The molecule has 1 atom stereocenters. The van der Waals surface area contributed by atoms with E-state index in [1.807, 2.05) is 18.2 Å². The van der Waals surface area contributed by atoms with Crippen LogP contribution in [0.15, 0.2) is 22.7 Å². The number of nitrogens with zero attached hydrogens (tertiary/aromatic N) is 1. The fourth-order valence-electron chi connectivity index (χ4n) is 5.00. The summed E-state index contributed by atoms with van der Waals surface area (Å²) in [5.41, 5.74) is 0.178. The van der Waals surface area contributed by atoms with Gasteiger partial charge in [-0.25, -0.2) is 4.79 Å². The lowest BCUT2D eigenvalue weighted by atomic mass is 9.61. The van der Waals surface area contributed by atoms with Crippen LogP contribution in [0, 0.1) is 5.41 Å². The van der Waals surface area contributed by atoms with Gasteiger partial charge in [0.05, 0.1) is 6.10 Å². The van der Waals surface area contributed by atoms with E-state index < -0.39 is 29.7 Å². The molecule has 26 heavy (non-hydrogen) atoms. The third-order valence-electron chi connectivity index (χ3n) is 6.21. The van der Waals surface area contributed by atoms with Crippen molar-refractivity contribution in [2.45, 2.75) is 50.4 Å². The zero-order valence-corrected chi connectivity index (χ0v) is 15.8. The maximum atomic E-state index is 13.2. The Labute approximate surface area is 158 Å². The molecule has 3 amide bonds. The van der Waals surface area contributed by atoms with Gasteiger partial charge in [0.25, 0.3) is 5.91 Å². The molecular formula is C18H19BrF2N2O3. The smallest absolute Gasteiger partial charge is 0.320 e. The van der Waals surface area contributed by atoms with Gasteiger partial charge < -0.3 is 10.1 Å². The molecule has 1 saturated heterocycles. The Bertz CT molecular complexity index is 780. The third kappa shape index (κ3) is 2.34. The van der Waals surface area contributed by atoms with E-state index >= 15 is 0 Å². The van der Waals surface area contributed by atoms with E-state index in [-0.39, 0.29) is 5.91 Å². The first-order valence-electron chi connectivity index (χ1n) is 8.62. The molecule has 3 aliphatic rings. The number of hydrogen-bond donors (Lipinski definition) is 1. The molecule has 2 fully saturated rings. The van der Waals surface area contributed by atoms with Crippen molar-refractivity contribution in [3.05, 3.63) is 33.8 Å². The predicted octanol–water partition coefficient (Wildman–Crippen LogP) is 3.55. The third-order valence-corrected chi connectivity index (χ3v) is 6.70. The van der Waals surface area contributed by atoms with Crippen molar-refractivity contribution in [3.8, 4) is 0 Å². The van der Waals surface area contributed by atoms with Crippen LogP contribution in [-0.2, 0) is 21.5 Å². The highest BCUT2D eigenvalue weighted by atomic mass is 79.9. The number of benzene rings is 1.